The summed E-state index contributed by atoms with van der Waals surface area (Å²) in [5.74, 6) is 2.85. The summed E-state index contributed by atoms with van der Waals surface area (Å²) < 4.78 is 10.7. The third-order valence-corrected chi connectivity index (χ3v) is 3.08. The van der Waals surface area contributed by atoms with E-state index in [0.717, 1.165) is 25.0 Å². The Bertz CT molecular complexity index is 148. The molecule has 0 aliphatic rings. The molecule has 0 saturated carbocycles. The Morgan fingerprint density at radius 3 is 1.24 bits per heavy atom. The van der Waals surface area contributed by atoms with Gasteiger partial charge in [0, 0.05) is 27.4 Å². The van der Waals surface area contributed by atoms with Gasteiger partial charge in [0.05, 0.1) is 0 Å². The summed E-state index contributed by atoms with van der Waals surface area (Å²) in [6.07, 6.45) is 3.75. The summed E-state index contributed by atoms with van der Waals surface area (Å²) in [5.41, 5.74) is 0. The fraction of sp³-hybridized carbons (Fsp3) is 1.00. The van der Waals surface area contributed by atoms with E-state index in [9.17, 15) is 0 Å². The molecule has 0 heterocycles. The third-order valence-electron chi connectivity index (χ3n) is 3.08. The van der Waals surface area contributed by atoms with Crippen LogP contribution in [0.4, 0.5) is 0 Å². The van der Waals surface area contributed by atoms with Crippen molar-refractivity contribution in [1.82, 2.24) is 0 Å². The number of ether oxygens (including phenoxy) is 2. The van der Waals surface area contributed by atoms with E-state index in [0.29, 0.717) is 11.8 Å². The van der Waals surface area contributed by atoms with Crippen LogP contribution in [0.1, 0.15) is 47.0 Å². The molecule has 104 valence electrons. The molecular weight excluding hydrogens is 212 g/mol. The molecule has 17 heavy (non-hydrogen) atoms. The largest absolute Gasteiger partial charge is 0.384 e. The first kappa shape index (κ1) is 16.9. The highest BCUT2D eigenvalue weighted by Gasteiger charge is 2.18. The molecule has 0 aliphatic heterocycles. The summed E-state index contributed by atoms with van der Waals surface area (Å²) >= 11 is 0. The highest BCUT2D eigenvalue weighted by molar-refractivity contribution is 4.69. The van der Waals surface area contributed by atoms with Crippen LogP contribution in [0.3, 0.4) is 0 Å². The summed E-state index contributed by atoms with van der Waals surface area (Å²) in [4.78, 5) is 0. The maximum absolute atomic E-state index is 5.35. The summed E-state index contributed by atoms with van der Waals surface area (Å²) in [6, 6.07) is 0. The van der Waals surface area contributed by atoms with Crippen LogP contribution < -0.4 is 0 Å². The standard InChI is InChI=1S/C15H32O2/c1-12(2)7-14(10-16-5)9-15(11-17-6)8-13(3)4/h12-15H,7-11H2,1-6H3. The maximum atomic E-state index is 5.35. The molecule has 0 radical (unpaired) electrons. The smallest absolute Gasteiger partial charge is 0.0490 e. The molecule has 0 bridgehead atoms. The van der Waals surface area contributed by atoms with Gasteiger partial charge >= 0.3 is 0 Å². The second-order valence-electron chi connectivity index (χ2n) is 6.14. The van der Waals surface area contributed by atoms with E-state index in [1.54, 1.807) is 14.2 Å². The van der Waals surface area contributed by atoms with E-state index in [4.69, 9.17) is 9.47 Å². The second-order valence-corrected chi connectivity index (χ2v) is 6.14. The van der Waals surface area contributed by atoms with Gasteiger partial charge in [-0.25, -0.2) is 0 Å². The van der Waals surface area contributed by atoms with Crippen molar-refractivity contribution >= 4 is 0 Å². The second kappa shape index (κ2) is 9.90. The number of rotatable bonds is 10. The van der Waals surface area contributed by atoms with Crippen molar-refractivity contribution < 1.29 is 9.47 Å². The highest BCUT2D eigenvalue weighted by Crippen LogP contribution is 2.25. The molecule has 2 atom stereocenters. The zero-order valence-corrected chi connectivity index (χ0v) is 12.7. The first-order valence-corrected chi connectivity index (χ1v) is 6.97. The molecule has 0 N–H and O–H groups in total. The maximum Gasteiger partial charge on any atom is 0.0490 e. The molecule has 0 fully saturated rings. The Labute approximate surface area is 108 Å². The van der Waals surface area contributed by atoms with Gasteiger partial charge in [0.25, 0.3) is 0 Å². The molecular formula is C15H32O2. The molecule has 0 rings (SSSR count). The van der Waals surface area contributed by atoms with Gasteiger partial charge in [-0.2, -0.15) is 0 Å². The predicted octanol–water partition coefficient (Wildman–Crippen LogP) is 3.99. The van der Waals surface area contributed by atoms with Crippen molar-refractivity contribution in [3.8, 4) is 0 Å². The Hall–Kier alpha value is -0.0800. The first-order chi connectivity index (χ1) is 7.99. The quantitative estimate of drug-likeness (QED) is 0.578. The van der Waals surface area contributed by atoms with Crippen molar-refractivity contribution in [1.29, 1.82) is 0 Å². The van der Waals surface area contributed by atoms with Crippen LogP contribution >= 0.6 is 0 Å². The fourth-order valence-electron chi connectivity index (χ4n) is 2.74. The zero-order chi connectivity index (χ0) is 13.3. The molecule has 0 aliphatic carbocycles. The van der Waals surface area contributed by atoms with Gasteiger partial charge in [-0.1, -0.05) is 27.7 Å². The van der Waals surface area contributed by atoms with Crippen LogP contribution in [-0.4, -0.2) is 27.4 Å². The average molecular weight is 244 g/mol. The van der Waals surface area contributed by atoms with E-state index < -0.39 is 0 Å². The third kappa shape index (κ3) is 9.61. The predicted molar refractivity (Wildman–Crippen MR) is 74.3 cm³/mol. The van der Waals surface area contributed by atoms with Crippen LogP contribution in [0.5, 0.6) is 0 Å². The topological polar surface area (TPSA) is 18.5 Å². The molecule has 0 aromatic carbocycles. The van der Waals surface area contributed by atoms with Crippen molar-refractivity contribution in [2.75, 3.05) is 27.4 Å². The van der Waals surface area contributed by atoms with Gasteiger partial charge in [-0.15, -0.1) is 0 Å². The van der Waals surface area contributed by atoms with E-state index >= 15 is 0 Å². The minimum atomic E-state index is 0.680. The van der Waals surface area contributed by atoms with Crippen LogP contribution in [0, 0.1) is 23.7 Å². The summed E-state index contributed by atoms with van der Waals surface area (Å²) in [6.45, 7) is 10.9. The Kier molecular flexibility index (Phi) is 9.85. The lowest BCUT2D eigenvalue weighted by Crippen LogP contribution is -2.20. The van der Waals surface area contributed by atoms with Gasteiger partial charge in [0.1, 0.15) is 0 Å². The molecule has 2 unspecified atom stereocenters. The SMILES string of the molecule is COCC(CC(C)C)CC(COC)CC(C)C. The molecule has 0 aromatic rings. The van der Waals surface area contributed by atoms with E-state index in [-0.39, 0.29) is 0 Å². The minimum absolute atomic E-state index is 0.680. The van der Waals surface area contributed by atoms with Gasteiger partial charge in [-0.05, 0) is 42.9 Å². The van der Waals surface area contributed by atoms with Crippen molar-refractivity contribution in [3.05, 3.63) is 0 Å². The normalized spacial score (nSPS) is 15.5. The highest BCUT2D eigenvalue weighted by atomic mass is 16.5. The van der Waals surface area contributed by atoms with E-state index in [2.05, 4.69) is 27.7 Å². The minimum Gasteiger partial charge on any atom is -0.384 e. The van der Waals surface area contributed by atoms with E-state index in [1.807, 2.05) is 0 Å². The zero-order valence-electron chi connectivity index (χ0n) is 12.7. The lowest BCUT2D eigenvalue weighted by atomic mass is 9.85. The first-order valence-electron chi connectivity index (χ1n) is 6.97. The molecule has 0 saturated heterocycles. The van der Waals surface area contributed by atoms with Gasteiger partial charge < -0.3 is 9.47 Å². The van der Waals surface area contributed by atoms with Gasteiger partial charge in [-0.3, -0.25) is 0 Å². The lowest BCUT2D eigenvalue weighted by Gasteiger charge is -2.25. The Morgan fingerprint density at radius 1 is 0.647 bits per heavy atom. The van der Waals surface area contributed by atoms with Crippen LogP contribution in [0.2, 0.25) is 0 Å². The van der Waals surface area contributed by atoms with E-state index in [1.165, 1.54) is 19.3 Å². The number of hydrogen-bond donors (Lipinski definition) is 0. The van der Waals surface area contributed by atoms with Crippen LogP contribution in [0.25, 0.3) is 0 Å². The number of methoxy groups -OCH3 is 2. The molecule has 2 nitrogen and oxygen atoms in total. The number of hydrogen-bond acceptors (Lipinski definition) is 2. The van der Waals surface area contributed by atoms with Crippen molar-refractivity contribution in [3.63, 3.8) is 0 Å². The Balaban J connectivity index is 4.22. The van der Waals surface area contributed by atoms with Gasteiger partial charge in [0.2, 0.25) is 0 Å². The van der Waals surface area contributed by atoms with Gasteiger partial charge in [0.15, 0.2) is 0 Å². The molecule has 0 spiro atoms. The average Bonchev–Trinajstić information content (AvgIpc) is 2.16. The Morgan fingerprint density at radius 2 is 1.00 bits per heavy atom. The monoisotopic (exact) mass is 244 g/mol. The molecule has 0 amide bonds. The fourth-order valence-corrected chi connectivity index (χ4v) is 2.74. The van der Waals surface area contributed by atoms with Crippen LogP contribution in [0.15, 0.2) is 0 Å². The van der Waals surface area contributed by atoms with Crippen LogP contribution in [-0.2, 0) is 9.47 Å². The molecule has 2 heteroatoms. The molecule has 0 aromatic heterocycles. The summed E-state index contributed by atoms with van der Waals surface area (Å²) in [5, 5.41) is 0. The van der Waals surface area contributed by atoms with Crippen molar-refractivity contribution in [2.45, 2.75) is 47.0 Å². The lowest BCUT2D eigenvalue weighted by molar-refractivity contribution is 0.0890. The van der Waals surface area contributed by atoms with Crippen molar-refractivity contribution in [2.24, 2.45) is 23.7 Å². The summed E-state index contributed by atoms with van der Waals surface area (Å²) in [7, 11) is 3.61.